The highest BCUT2D eigenvalue weighted by Crippen LogP contribution is 2.33. The smallest absolute Gasteiger partial charge is 0.0772 e. The zero-order chi connectivity index (χ0) is 15.1. The minimum absolute atomic E-state index is 0.143. The van der Waals surface area contributed by atoms with Gasteiger partial charge in [0.15, 0.2) is 0 Å². The van der Waals surface area contributed by atoms with E-state index in [0.717, 1.165) is 31.6 Å². The third-order valence-electron chi connectivity index (χ3n) is 4.83. The summed E-state index contributed by atoms with van der Waals surface area (Å²) in [7, 11) is 1.72. The van der Waals surface area contributed by atoms with Crippen molar-refractivity contribution < 1.29 is 9.84 Å². The van der Waals surface area contributed by atoms with Crippen LogP contribution in [0.25, 0.3) is 0 Å². The second kappa shape index (κ2) is 7.92. The Hall–Kier alpha value is -0.900. The standard InChI is InChI=1S/C18H29NO2/c1-3-15-9-11-18(20,12-10-15)14-19-17(13-21-2)16-7-5-4-6-8-16/h4-8,15,17,19-20H,3,9-14H2,1-2H3. The molecule has 1 aromatic carbocycles. The maximum atomic E-state index is 10.7. The van der Waals surface area contributed by atoms with Gasteiger partial charge in [-0.2, -0.15) is 0 Å². The molecule has 0 radical (unpaired) electrons. The molecular formula is C18H29NO2. The average molecular weight is 291 g/mol. The molecule has 2 N–H and O–H groups in total. The highest BCUT2D eigenvalue weighted by Gasteiger charge is 2.33. The lowest BCUT2D eigenvalue weighted by atomic mass is 9.77. The molecule has 1 aliphatic carbocycles. The van der Waals surface area contributed by atoms with E-state index in [0.29, 0.717) is 13.2 Å². The van der Waals surface area contributed by atoms with E-state index in [4.69, 9.17) is 4.74 Å². The first kappa shape index (κ1) is 16.5. The van der Waals surface area contributed by atoms with E-state index in [1.807, 2.05) is 18.2 Å². The summed E-state index contributed by atoms with van der Waals surface area (Å²) >= 11 is 0. The van der Waals surface area contributed by atoms with Crippen LogP contribution >= 0.6 is 0 Å². The van der Waals surface area contributed by atoms with Crippen LogP contribution in [0.3, 0.4) is 0 Å². The van der Waals surface area contributed by atoms with Crippen LogP contribution in [0.5, 0.6) is 0 Å². The van der Waals surface area contributed by atoms with Crippen molar-refractivity contribution in [3.8, 4) is 0 Å². The average Bonchev–Trinajstić information content (AvgIpc) is 2.53. The Morgan fingerprint density at radius 1 is 1.29 bits per heavy atom. The van der Waals surface area contributed by atoms with Crippen molar-refractivity contribution in [1.29, 1.82) is 0 Å². The molecule has 3 heteroatoms. The Balaban J connectivity index is 1.90. The molecule has 0 amide bonds. The van der Waals surface area contributed by atoms with E-state index >= 15 is 0 Å². The molecule has 0 saturated heterocycles. The molecule has 0 bridgehead atoms. The maximum Gasteiger partial charge on any atom is 0.0772 e. The summed E-state index contributed by atoms with van der Waals surface area (Å²) in [5, 5.41) is 14.3. The highest BCUT2D eigenvalue weighted by atomic mass is 16.5. The van der Waals surface area contributed by atoms with Crippen molar-refractivity contribution in [3.05, 3.63) is 35.9 Å². The first-order valence-corrected chi connectivity index (χ1v) is 8.16. The predicted octanol–water partition coefficient (Wildman–Crippen LogP) is 3.30. The molecule has 1 aromatic rings. The minimum atomic E-state index is -0.549. The van der Waals surface area contributed by atoms with Crippen molar-refractivity contribution in [3.63, 3.8) is 0 Å². The van der Waals surface area contributed by atoms with E-state index in [9.17, 15) is 5.11 Å². The molecule has 1 aliphatic rings. The third kappa shape index (κ3) is 4.80. The van der Waals surface area contributed by atoms with Gasteiger partial charge < -0.3 is 15.2 Å². The molecule has 1 fully saturated rings. The topological polar surface area (TPSA) is 41.5 Å². The van der Waals surface area contributed by atoms with Crippen LogP contribution in [-0.4, -0.2) is 31.0 Å². The fourth-order valence-electron chi connectivity index (χ4n) is 3.24. The summed E-state index contributed by atoms with van der Waals surface area (Å²) in [5.74, 6) is 0.800. The molecule has 0 aromatic heterocycles. The van der Waals surface area contributed by atoms with Gasteiger partial charge in [0.05, 0.1) is 18.2 Å². The molecule has 0 heterocycles. The van der Waals surface area contributed by atoms with Crippen LogP contribution < -0.4 is 5.32 Å². The molecule has 21 heavy (non-hydrogen) atoms. The first-order valence-electron chi connectivity index (χ1n) is 8.16. The largest absolute Gasteiger partial charge is 0.389 e. The van der Waals surface area contributed by atoms with Gasteiger partial charge in [-0.25, -0.2) is 0 Å². The van der Waals surface area contributed by atoms with Crippen LogP contribution in [-0.2, 0) is 4.74 Å². The van der Waals surface area contributed by atoms with E-state index in [-0.39, 0.29) is 6.04 Å². The molecule has 118 valence electrons. The Morgan fingerprint density at radius 3 is 2.52 bits per heavy atom. The lowest BCUT2D eigenvalue weighted by Crippen LogP contribution is -2.45. The monoisotopic (exact) mass is 291 g/mol. The first-order chi connectivity index (χ1) is 10.2. The van der Waals surface area contributed by atoms with Gasteiger partial charge in [-0.1, -0.05) is 43.7 Å². The number of benzene rings is 1. The van der Waals surface area contributed by atoms with E-state index < -0.39 is 5.60 Å². The van der Waals surface area contributed by atoms with Crippen LogP contribution in [0.1, 0.15) is 50.6 Å². The molecule has 0 spiro atoms. The van der Waals surface area contributed by atoms with Crippen molar-refractivity contribution in [1.82, 2.24) is 5.32 Å². The SMILES string of the molecule is CCC1CCC(O)(CNC(COC)c2ccccc2)CC1. The lowest BCUT2D eigenvalue weighted by Gasteiger charge is -2.37. The van der Waals surface area contributed by atoms with E-state index in [2.05, 4.69) is 24.4 Å². The second-order valence-electron chi connectivity index (χ2n) is 6.38. The van der Waals surface area contributed by atoms with Crippen molar-refractivity contribution in [2.24, 2.45) is 5.92 Å². The van der Waals surface area contributed by atoms with Crippen molar-refractivity contribution >= 4 is 0 Å². The highest BCUT2D eigenvalue weighted by molar-refractivity contribution is 5.19. The van der Waals surface area contributed by atoms with Gasteiger partial charge in [-0.05, 0) is 37.2 Å². The maximum absolute atomic E-state index is 10.7. The summed E-state index contributed by atoms with van der Waals surface area (Å²) in [6, 6.07) is 10.5. The second-order valence-corrected chi connectivity index (χ2v) is 6.38. The summed E-state index contributed by atoms with van der Waals surface area (Å²) < 4.78 is 5.32. The van der Waals surface area contributed by atoms with Crippen LogP contribution in [0.2, 0.25) is 0 Å². The van der Waals surface area contributed by atoms with E-state index in [1.165, 1.54) is 12.0 Å². The van der Waals surface area contributed by atoms with Gasteiger partial charge in [-0.15, -0.1) is 0 Å². The quantitative estimate of drug-likeness (QED) is 0.810. The fourth-order valence-corrected chi connectivity index (χ4v) is 3.24. The summed E-state index contributed by atoms with van der Waals surface area (Å²) in [5.41, 5.74) is 0.664. The predicted molar refractivity (Wildman–Crippen MR) is 86.3 cm³/mol. The zero-order valence-corrected chi connectivity index (χ0v) is 13.3. The number of nitrogens with one attached hydrogen (secondary N) is 1. The van der Waals surface area contributed by atoms with Gasteiger partial charge in [0.25, 0.3) is 0 Å². The lowest BCUT2D eigenvalue weighted by molar-refractivity contribution is -0.0127. The summed E-state index contributed by atoms with van der Waals surface area (Å²) in [6.07, 6.45) is 5.35. The Labute approximate surface area is 128 Å². The molecule has 3 nitrogen and oxygen atoms in total. The number of ether oxygens (including phenoxy) is 1. The van der Waals surface area contributed by atoms with Gasteiger partial charge in [0, 0.05) is 13.7 Å². The van der Waals surface area contributed by atoms with Gasteiger partial charge in [0.2, 0.25) is 0 Å². The van der Waals surface area contributed by atoms with Crippen LogP contribution in [0.4, 0.5) is 0 Å². The molecule has 2 rings (SSSR count). The number of hydrogen-bond donors (Lipinski definition) is 2. The zero-order valence-electron chi connectivity index (χ0n) is 13.3. The molecule has 0 aliphatic heterocycles. The Bertz CT molecular complexity index is 399. The third-order valence-corrected chi connectivity index (χ3v) is 4.83. The molecular weight excluding hydrogens is 262 g/mol. The van der Waals surface area contributed by atoms with Gasteiger partial charge in [-0.3, -0.25) is 0 Å². The summed E-state index contributed by atoms with van der Waals surface area (Å²) in [4.78, 5) is 0. The number of aliphatic hydroxyl groups is 1. The number of methoxy groups -OCH3 is 1. The summed E-state index contributed by atoms with van der Waals surface area (Å²) in [6.45, 7) is 3.52. The van der Waals surface area contributed by atoms with Gasteiger partial charge >= 0.3 is 0 Å². The fraction of sp³-hybridized carbons (Fsp3) is 0.667. The normalized spacial score (nSPS) is 27.5. The number of rotatable bonds is 7. The molecule has 1 unspecified atom stereocenters. The van der Waals surface area contributed by atoms with E-state index in [1.54, 1.807) is 7.11 Å². The van der Waals surface area contributed by atoms with Crippen molar-refractivity contribution in [2.45, 2.75) is 50.7 Å². The number of hydrogen-bond acceptors (Lipinski definition) is 3. The molecule has 1 saturated carbocycles. The van der Waals surface area contributed by atoms with Crippen LogP contribution in [0, 0.1) is 5.92 Å². The Morgan fingerprint density at radius 2 is 1.95 bits per heavy atom. The molecule has 1 atom stereocenters. The minimum Gasteiger partial charge on any atom is -0.389 e. The van der Waals surface area contributed by atoms with Crippen LogP contribution in [0.15, 0.2) is 30.3 Å². The van der Waals surface area contributed by atoms with Gasteiger partial charge in [0.1, 0.15) is 0 Å². The Kier molecular flexibility index (Phi) is 6.22. The van der Waals surface area contributed by atoms with Crippen molar-refractivity contribution in [2.75, 3.05) is 20.3 Å².